The Morgan fingerprint density at radius 2 is 1.32 bits per heavy atom. The van der Waals surface area contributed by atoms with E-state index < -0.39 is 37.6 Å². The first-order chi connectivity index (χ1) is 11.8. The van der Waals surface area contributed by atoms with Gasteiger partial charge >= 0.3 is 0 Å². The van der Waals surface area contributed by atoms with Crippen molar-refractivity contribution in [1.82, 2.24) is 0 Å². The number of ketones is 1. The fourth-order valence-corrected chi connectivity index (χ4v) is 3.22. The molecule has 0 saturated carbocycles. The summed E-state index contributed by atoms with van der Waals surface area (Å²) in [5, 5.41) is 33.8. The summed E-state index contributed by atoms with van der Waals surface area (Å²) < 4.78 is 0. The van der Waals surface area contributed by atoms with Crippen LogP contribution in [0.3, 0.4) is 0 Å². The zero-order valence-electron chi connectivity index (χ0n) is 12.4. The average Bonchev–Trinajstić information content (AvgIpc) is 2.85. The van der Waals surface area contributed by atoms with E-state index in [0.29, 0.717) is 11.0 Å². The van der Waals surface area contributed by atoms with Crippen molar-refractivity contribution < 1.29 is 19.6 Å². The van der Waals surface area contributed by atoms with E-state index in [1.54, 1.807) is 6.26 Å². The molecule has 0 aliphatic heterocycles. The zero-order chi connectivity index (χ0) is 18.5. The van der Waals surface area contributed by atoms with Crippen LogP contribution < -0.4 is 0 Å². The van der Waals surface area contributed by atoms with Gasteiger partial charge in [0.05, 0.1) is 32.0 Å². The SMILES string of the molecule is CSc1cc2c(c([N+](=O)[O-])c1)-c1c(cc([N+](=O)[O-])cc1[N+](=O)[O-])C2=O. The smallest absolute Gasteiger partial charge is 0.285 e. The van der Waals surface area contributed by atoms with Gasteiger partial charge in [0, 0.05) is 28.2 Å². The molecule has 0 N–H and O–H groups in total. The number of thioether (sulfide) groups is 1. The monoisotopic (exact) mass is 361 g/mol. The number of rotatable bonds is 4. The van der Waals surface area contributed by atoms with Crippen LogP contribution in [0.5, 0.6) is 0 Å². The number of nitrogens with zero attached hydrogens (tertiary/aromatic N) is 3. The van der Waals surface area contributed by atoms with Crippen molar-refractivity contribution in [3.05, 3.63) is 65.7 Å². The third-order valence-corrected chi connectivity index (χ3v) is 4.48. The van der Waals surface area contributed by atoms with Crippen molar-refractivity contribution in [2.24, 2.45) is 0 Å². The van der Waals surface area contributed by atoms with Crippen molar-refractivity contribution in [3.8, 4) is 11.1 Å². The number of hydrogen-bond donors (Lipinski definition) is 0. The van der Waals surface area contributed by atoms with Gasteiger partial charge < -0.3 is 0 Å². The first-order valence-corrected chi connectivity index (χ1v) is 7.87. The summed E-state index contributed by atoms with van der Waals surface area (Å²) in [5.41, 5.74) is -2.57. The van der Waals surface area contributed by atoms with E-state index in [1.807, 2.05) is 0 Å². The van der Waals surface area contributed by atoms with Crippen molar-refractivity contribution in [3.63, 3.8) is 0 Å². The molecular weight excluding hydrogens is 354 g/mol. The minimum Gasteiger partial charge on any atom is -0.289 e. The van der Waals surface area contributed by atoms with Crippen LogP contribution in [0.4, 0.5) is 17.1 Å². The molecule has 3 rings (SSSR count). The van der Waals surface area contributed by atoms with Crippen LogP contribution in [0.15, 0.2) is 29.2 Å². The Kier molecular flexibility index (Phi) is 3.72. The topological polar surface area (TPSA) is 146 Å². The summed E-state index contributed by atoms with van der Waals surface area (Å²) >= 11 is 1.17. The third-order valence-electron chi connectivity index (χ3n) is 3.77. The Balaban J connectivity index is 2.46. The standard InChI is InChI=1S/C14H7N3O7S/c1-25-7-4-9-13(11(5-7)17(23)24)12-8(14(9)18)2-6(15(19)20)3-10(12)16(21)22/h2-5H,1H3. The van der Waals surface area contributed by atoms with E-state index in [0.717, 1.165) is 6.07 Å². The highest BCUT2D eigenvalue weighted by Crippen LogP contribution is 2.49. The van der Waals surface area contributed by atoms with E-state index in [2.05, 4.69) is 0 Å². The van der Waals surface area contributed by atoms with Crippen molar-refractivity contribution in [2.45, 2.75) is 4.90 Å². The summed E-state index contributed by atoms with van der Waals surface area (Å²) in [5.74, 6) is -0.712. The molecule has 126 valence electrons. The van der Waals surface area contributed by atoms with Crippen molar-refractivity contribution >= 4 is 34.6 Å². The summed E-state index contributed by atoms with van der Waals surface area (Å²) in [6.45, 7) is 0. The van der Waals surface area contributed by atoms with E-state index in [-0.39, 0.29) is 22.3 Å². The average molecular weight is 361 g/mol. The fraction of sp³-hybridized carbons (Fsp3) is 0.0714. The number of benzene rings is 2. The highest BCUT2D eigenvalue weighted by molar-refractivity contribution is 7.98. The second-order valence-electron chi connectivity index (χ2n) is 5.06. The van der Waals surface area contributed by atoms with Gasteiger partial charge in [-0.15, -0.1) is 11.8 Å². The third kappa shape index (κ3) is 2.41. The molecular formula is C14H7N3O7S. The van der Waals surface area contributed by atoms with Gasteiger partial charge in [0.1, 0.15) is 0 Å². The summed E-state index contributed by atoms with van der Waals surface area (Å²) in [4.78, 5) is 44.3. The fourth-order valence-electron chi connectivity index (χ4n) is 2.75. The lowest BCUT2D eigenvalue weighted by atomic mass is 10.0. The van der Waals surface area contributed by atoms with E-state index in [4.69, 9.17) is 0 Å². The van der Waals surface area contributed by atoms with Gasteiger partial charge in [-0.2, -0.15) is 0 Å². The van der Waals surface area contributed by atoms with Gasteiger partial charge in [-0.3, -0.25) is 35.1 Å². The predicted octanol–water partition coefficient (Wildman–Crippen LogP) is 3.34. The van der Waals surface area contributed by atoms with E-state index >= 15 is 0 Å². The van der Waals surface area contributed by atoms with Crippen LogP contribution in [0.1, 0.15) is 15.9 Å². The number of nitro benzene ring substituents is 3. The molecule has 0 unspecified atom stereocenters. The van der Waals surface area contributed by atoms with E-state index in [9.17, 15) is 35.1 Å². The molecule has 1 aliphatic rings. The van der Waals surface area contributed by atoms with Gasteiger partial charge in [-0.05, 0) is 12.3 Å². The lowest BCUT2D eigenvalue weighted by Gasteiger charge is -2.05. The number of nitro groups is 3. The van der Waals surface area contributed by atoms with Crippen LogP contribution in [0.25, 0.3) is 11.1 Å². The molecule has 0 bridgehead atoms. The first-order valence-electron chi connectivity index (χ1n) is 6.64. The molecule has 2 aromatic rings. The molecule has 0 spiro atoms. The number of non-ortho nitro benzene ring substituents is 1. The number of carbonyl (C=O) groups is 1. The molecule has 0 fully saturated rings. The predicted molar refractivity (Wildman–Crippen MR) is 87.1 cm³/mol. The number of hydrogen-bond acceptors (Lipinski definition) is 8. The minimum atomic E-state index is -0.888. The molecule has 0 radical (unpaired) electrons. The van der Waals surface area contributed by atoms with Crippen molar-refractivity contribution in [1.29, 1.82) is 0 Å². The Morgan fingerprint density at radius 1 is 0.800 bits per heavy atom. The van der Waals surface area contributed by atoms with E-state index in [1.165, 1.54) is 23.9 Å². The highest BCUT2D eigenvalue weighted by atomic mass is 32.2. The Hall–Kier alpha value is -3.34. The van der Waals surface area contributed by atoms with Crippen LogP contribution in [0.2, 0.25) is 0 Å². The van der Waals surface area contributed by atoms with Gasteiger partial charge in [0.2, 0.25) is 0 Å². The Labute approximate surface area is 142 Å². The van der Waals surface area contributed by atoms with Crippen molar-refractivity contribution in [2.75, 3.05) is 6.26 Å². The maximum absolute atomic E-state index is 12.6. The second-order valence-corrected chi connectivity index (χ2v) is 5.94. The molecule has 11 heteroatoms. The van der Waals surface area contributed by atoms with Gasteiger partial charge in [-0.25, -0.2) is 0 Å². The molecule has 0 aromatic heterocycles. The molecule has 25 heavy (non-hydrogen) atoms. The summed E-state index contributed by atoms with van der Waals surface area (Å²) in [6.07, 6.45) is 1.66. The molecule has 1 aliphatic carbocycles. The molecule has 0 heterocycles. The lowest BCUT2D eigenvalue weighted by molar-refractivity contribution is -0.394. The number of fused-ring (bicyclic) bond motifs is 3. The largest absolute Gasteiger partial charge is 0.289 e. The van der Waals surface area contributed by atoms with Crippen LogP contribution in [-0.4, -0.2) is 26.8 Å². The molecule has 10 nitrogen and oxygen atoms in total. The van der Waals surface area contributed by atoms with Crippen LogP contribution in [-0.2, 0) is 0 Å². The maximum Gasteiger partial charge on any atom is 0.285 e. The number of carbonyl (C=O) groups excluding carboxylic acids is 1. The first kappa shape index (κ1) is 16.5. The van der Waals surface area contributed by atoms with Gasteiger partial charge in [0.25, 0.3) is 17.1 Å². The van der Waals surface area contributed by atoms with Crippen LogP contribution >= 0.6 is 11.8 Å². The maximum atomic E-state index is 12.6. The highest BCUT2D eigenvalue weighted by Gasteiger charge is 2.40. The van der Waals surface area contributed by atoms with Gasteiger partial charge in [-0.1, -0.05) is 0 Å². The zero-order valence-corrected chi connectivity index (χ0v) is 13.2. The molecule has 0 amide bonds. The lowest BCUT2D eigenvalue weighted by Crippen LogP contribution is -1.99. The molecule has 0 atom stereocenters. The van der Waals surface area contributed by atoms with Gasteiger partial charge in [0.15, 0.2) is 5.78 Å². The Morgan fingerprint density at radius 3 is 1.80 bits per heavy atom. The minimum absolute atomic E-state index is 0.0721. The summed E-state index contributed by atoms with van der Waals surface area (Å²) in [7, 11) is 0. The Bertz CT molecular complexity index is 1000. The van der Waals surface area contributed by atoms with Crippen LogP contribution in [0, 0.1) is 30.3 Å². The molecule has 0 saturated heterocycles. The normalized spacial score (nSPS) is 11.8. The molecule has 2 aromatic carbocycles. The summed E-state index contributed by atoms with van der Waals surface area (Å²) in [6, 6.07) is 4.22. The second kappa shape index (κ2) is 5.63. The quantitative estimate of drug-likeness (QED) is 0.390.